The Morgan fingerprint density at radius 1 is 1.16 bits per heavy atom. The zero-order valence-corrected chi connectivity index (χ0v) is 15.0. The number of aromatic nitrogens is 3. The number of carbonyl (C=O) groups excluding carboxylic acids is 1. The van der Waals surface area contributed by atoms with E-state index in [1.54, 1.807) is 4.68 Å². The minimum atomic E-state index is -0.172. The lowest BCUT2D eigenvalue weighted by Crippen LogP contribution is -2.56. The van der Waals surface area contributed by atoms with Crippen LogP contribution in [0.2, 0.25) is 0 Å². The first kappa shape index (κ1) is 16.3. The number of nitrogens with zero attached hydrogens (tertiary/aromatic N) is 4. The Hall–Kier alpha value is -2.21. The number of nitrogens with one attached hydrogen (secondary N) is 1. The molecule has 6 heteroatoms. The third-order valence-corrected chi connectivity index (χ3v) is 5.39. The van der Waals surface area contributed by atoms with E-state index >= 15 is 0 Å². The lowest BCUT2D eigenvalue weighted by Gasteiger charge is -2.41. The SMILES string of the molecule is Cc1ccc(CN2CCC3(CC2)Cc2nc(C)nn2CC(=O)N3)cc1. The Labute approximate surface area is 148 Å². The number of piperidine rings is 1. The average molecular weight is 339 g/mol. The monoisotopic (exact) mass is 339 g/mol. The van der Waals surface area contributed by atoms with Crippen LogP contribution in [0.15, 0.2) is 24.3 Å². The van der Waals surface area contributed by atoms with Crippen LogP contribution in [0.4, 0.5) is 0 Å². The predicted octanol–water partition coefficient (Wildman–Crippen LogP) is 1.60. The molecule has 1 saturated heterocycles. The topological polar surface area (TPSA) is 63.1 Å². The molecular formula is C19H25N5O. The minimum absolute atomic E-state index is 0.0515. The largest absolute Gasteiger partial charge is 0.349 e. The van der Waals surface area contributed by atoms with Crippen LogP contribution in [-0.4, -0.2) is 44.2 Å². The molecule has 1 N–H and O–H groups in total. The highest BCUT2D eigenvalue weighted by Gasteiger charge is 2.39. The second-order valence-corrected chi connectivity index (χ2v) is 7.50. The number of fused-ring (bicyclic) bond motifs is 1. The van der Waals surface area contributed by atoms with Crippen LogP contribution < -0.4 is 5.32 Å². The quantitative estimate of drug-likeness (QED) is 0.903. The van der Waals surface area contributed by atoms with Crippen LogP contribution in [0.25, 0.3) is 0 Å². The average Bonchev–Trinajstić information content (AvgIpc) is 2.84. The Bertz CT molecular complexity index is 772. The summed E-state index contributed by atoms with van der Waals surface area (Å²) in [7, 11) is 0. The first-order valence-corrected chi connectivity index (χ1v) is 9.01. The Morgan fingerprint density at radius 3 is 2.60 bits per heavy atom. The number of aryl methyl sites for hydroxylation is 2. The van der Waals surface area contributed by atoms with E-state index in [0.717, 1.165) is 50.5 Å². The smallest absolute Gasteiger partial charge is 0.242 e. The minimum Gasteiger partial charge on any atom is -0.349 e. The van der Waals surface area contributed by atoms with Crippen molar-refractivity contribution in [3.8, 4) is 0 Å². The van der Waals surface area contributed by atoms with Crippen LogP contribution in [0, 0.1) is 13.8 Å². The van der Waals surface area contributed by atoms with Crippen LogP contribution in [0.1, 0.15) is 35.6 Å². The molecule has 1 amide bonds. The van der Waals surface area contributed by atoms with Crippen LogP contribution in [0.5, 0.6) is 0 Å². The summed E-state index contributed by atoms with van der Waals surface area (Å²) >= 11 is 0. The van der Waals surface area contributed by atoms with Crippen molar-refractivity contribution < 1.29 is 4.79 Å². The van der Waals surface area contributed by atoms with Gasteiger partial charge in [0.05, 0.1) is 0 Å². The van der Waals surface area contributed by atoms with Crippen molar-refractivity contribution >= 4 is 5.91 Å². The molecule has 2 aliphatic rings. The standard InChI is InChI=1S/C19H25N5O/c1-14-3-5-16(6-4-14)12-23-9-7-19(8-10-23)11-17-20-15(2)22-24(17)13-18(25)21-19/h3-6H,7-13H2,1-2H3,(H,21,25). The van der Waals surface area contributed by atoms with E-state index < -0.39 is 0 Å². The van der Waals surface area contributed by atoms with E-state index in [4.69, 9.17) is 0 Å². The van der Waals surface area contributed by atoms with Crippen molar-refractivity contribution in [1.29, 1.82) is 0 Å². The van der Waals surface area contributed by atoms with Gasteiger partial charge in [0.2, 0.25) is 5.91 Å². The first-order chi connectivity index (χ1) is 12.0. The number of hydrogen-bond donors (Lipinski definition) is 1. The van der Waals surface area contributed by atoms with Gasteiger partial charge in [-0.05, 0) is 32.3 Å². The highest BCUT2D eigenvalue weighted by atomic mass is 16.2. The summed E-state index contributed by atoms with van der Waals surface area (Å²) in [5, 5.41) is 7.62. The van der Waals surface area contributed by atoms with Crippen molar-refractivity contribution in [1.82, 2.24) is 25.0 Å². The molecule has 3 heterocycles. The van der Waals surface area contributed by atoms with E-state index in [-0.39, 0.29) is 18.0 Å². The maximum Gasteiger partial charge on any atom is 0.242 e. The van der Waals surface area contributed by atoms with Gasteiger partial charge in [0.1, 0.15) is 18.2 Å². The lowest BCUT2D eigenvalue weighted by molar-refractivity contribution is -0.123. The van der Waals surface area contributed by atoms with Gasteiger partial charge < -0.3 is 5.32 Å². The molecule has 2 aromatic rings. The van der Waals surface area contributed by atoms with E-state index in [9.17, 15) is 4.79 Å². The molecule has 2 aliphatic heterocycles. The number of rotatable bonds is 2. The van der Waals surface area contributed by atoms with Gasteiger partial charge in [0.25, 0.3) is 0 Å². The van der Waals surface area contributed by atoms with Crippen LogP contribution in [0.3, 0.4) is 0 Å². The van der Waals surface area contributed by atoms with Gasteiger partial charge in [0, 0.05) is 31.6 Å². The molecule has 1 fully saturated rings. The van der Waals surface area contributed by atoms with Gasteiger partial charge in [-0.1, -0.05) is 29.8 Å². The molecule has 4 rings (SSSR count). The first-order valence-electron chi connectivity index (χ1n) is 9.01. The molecule has 1 spiro atoms. The Morgan fingerprint density at radius 2 is 1.88 bits per heavy atom. The third kappa shape index (κ3) is 3.44. The molecule has 1 aromatic carbocycles. The van der Waals surface area contributed by atoms with Gasteiger partial charge in [-0.15, -0.1) is 0 Å². The molecule has 1 aromatic heterocycles. The molecule has 25 heavy (non-hydrogen) atoms. The van der Waals surface area contributed by atoms with Gasteiger partial charge in [0.15, 0.2) is 0 Å². The summed E-state index contributed by atoms with van der Waals surface area (Å²) in [4.78, 5) is 19.3. The van der Waals surface area contributed by atoms with E-state index in [0.29, 0.717) is 0 Å². The molecule has 0 unspecified atom stereocenters. The normalized spacial score (nSPS) is 20.2. The summed E-state index contributed by atoms with van der Waals surface area (Å²) < 4.78 is 1.76. The maximum absolute atomic E-state index is 12.3. The molecule has 132 valence electrons. The summed E-state index contributed by atoms with van der Waals surface area (Å²) in [6.07, 6.45) is 2.69. The summed E-state index contributed by atoms with van der Waals surface area (Å²) in [6, 6.07) is 8.75. The zero-order valence-electron chi connectivity index (χ0n) is 15.0. The van der Waals surface area contributed by atoms with Crippen molar-refractivity contribution in [2.75, 3.05) is 13.1 Å². The molecule has 0 saturated carbocycles. The second-order valence-electron chi connectivity index (χ2n) is 7.50. The van der Waals surface area contributed by atoms with Crippen LogP contribution >= 0.6 is 0 Å². The summed E-state index contributed by atoms with van der Waals surface area (Å²) in [5.41, 5.74) is 2.47. The van der Waals surface area contributed by atoms with Crippen molar-refractivity contribution in [3.05, 3.63) is 47.0 Å². The molecular weight excluding hydrogens is 314 g/mol. The number of benzene rings is 1. The number of amides is 1. The second kappa shape index (κ2) is 6.26. The third-order valence-electron chi connectivity index (χ3n) is 5.39. The molecule has 6 nitrogen and oxygen atoms in total. The van der Waals surface area contributed by atoms with Crippen LogP contribution in [-0.2, 0) is 24.3 Å². The number of hydrogen-bond acceptors (Lipinski definition) is 4. The fraction of sp³-hybridized carbons (Fsp3) is 0.526. The van der Waals surface area contributed by atoms with E-state index in [1.807, 2.05) is 6.92 Å². The Balaban J connectivity index is 1.44. The maximum atomic E-state index is 12.3. The zero-order chi connectivity index (χ0) is 17.4. The molecule has 0 aliphatic carbocycles. The van der Waals surface area contributed by atoms with Gasteiger partial charge in [-0.25, -0.2) is 9.67 Å². The van der Waals surface area contributed by atoms with Crippen molar-refractivity contribution in [2.45, 2.75) is 51.7 Å². The van der Waals surface area contributed by atoms with Crippen molar-refractivity contribution in [3.63, 3.8) is 0 Å². The number of likely N-dealkylation sites (tertiary alicyclic amines) is 1. The molecule has 0 atom stereocenters. The van der Waals surface area contributed by atoms with Crippen molar-refractivity contribution in [2.24, 2.45) is 0 Å². The highest BCUT2D eigenvalue weighted by Crippen LogP contribution is 2.28. The molecule has 0 bridgehead atoms. The van der Waals surface area contributed by atoms with Gasteiger partial charge >= 0.3 is 0 Å². The van der Waals surface area contributed by atoms with Gasteiger partial charge in [-0.3, -0.25) is 9.69 Å². The van der Waals surface area contributed by atoms with E-state index in [2.05, 4.69) is 51.5 Å². The predicted molar refractivity (Wildman–Crippen MR) is 95.0 cm³/mol. The fourth-order valence-corrected chi connectivity index (χ4v) is 3.97. The van der Waals surface area contributed by atoms with E-state index in [1.165, 1.54) is 11.1 Å². The summed E-state index contributed by atoms with van der Waals surface area (Å²) in [6.45, 7) is 7.23. The lowest BCUT2D eigenvalue weighted by atomic mass is 9.84. The number of carbonyl (C=O) groups is 1. The molecule has 0 radical (unpaired) electrons. The fourth-order valence-electron chi connectivity index (χ4n) is 3.97. The van der Waals surface area contributed by atoms with Gasteiger partial charge in [-0.2, -0.15) is 5.10 Å². The summed E-state index contributed by atoms with van der Waals surface area (Å²) in [5.74, 6) is 1.73. The Kier molecular flexibility index (Phi) is 4.07. The highest BCUT2D eigenvalue weighted by molar-refractivity contribution is 5.77.